The molecule has 1 fully saturated rings. The first-order chi connectivity index (χ1) is 16.0. The number of methoxy groups -OCH3 is 1. The van der Waals surface area contributed by atoms with Crippen LogP contribution in [0.2, 0.25) is 0 Å². The Kier molecular flexibility index (Phi) is 8.61. The molecule has 0 unspecified atom stereocenters. The summed E-state index contributed by atoms with van der Waals surface area (Å²) in [6.45, 7) is 0. The first kappa shape index (κ1) is 26.2. The highest BCUT2D eigenvalue weighted by molar-refractivity contribution is 5.78. The number of ether oxygens (including phenoxy) is 3. The summed E-state index contributed by atoms with van der Waals surface area (Å²) in [6.07, 6.45) is -5.29. The van der Waals surface area contributed by atoms with Gasteiger partial charge in [0, 0.05) is 29.9 Å². The van der Waals surface area contributed by atoms with Crippen LogP contribution in [-0.4, -0.2) is 69.9 Å². The number of benzene rings is 1. The van der Waals surface area contributed by atoms with Crippen molar-refractivity contribution < 1.29 is 58.4 Å². The summed E-state index contributed by atoms with van der Waals surface area (Å²) in [7, 11) is 0.979. The Labute approximate surface area is 191 Å². The van der Waals surface area contributed by atoms with Crippen LogP contribution >= 0.6 is 0 Å². The Bertz CT molecular complexity index is 991. The van der Waals surface area contributed by atoms with Gasteiger partial charge < -0.3 is 29.5 Å². The SMILES string of the molecule is COC(=O)[C@H]1O[C@@H](Oc2cc(C=O)ccc2[N+](=O)[O-])[C@H](CC(=O)O)[C@@H](CC(=O)O)[C@@H]1CC(=O)O. The van der Waals surface area contributed by atoms with Gasteiger partial charge in [-0.2, -0.15) is 0 Å². The highest BCUT2D eigenvalue weighted by Gasteiger charge is 2.52. The molecular weight excluding hydrogens is 462 g/mol. The van der Waals surface area contributed by atoms with Gasteiger partial charge in [-0.3, -0.25) is 29.3 Å². The molecule has 0 saturated carbocycles. The van der Waals surface area contributed by atoms with Gasteiger partial charge >= 0.3 is 29.6 Å². The normalized spacial score (nSPS) is 24.0. The maximum atomic E-state index is 12.4. The van der Waals surface area contributed by atoms with E-state index in [4.69, 9.17) is 9.47 Å². The van der Waals surface area contributed by atoms with E-state index in [1.807, 2.05) is 0 Å². The first-order valence-corrected chi connectivity index (χ1v) is 9.77. The molecular formula is C20H21NO13. The average molecular weight is 483 g/mol. The molecule has 0 bridgehead atoms. The quantitative estimate of drug-likeness (QED) is 0.173. The number of hydrogen-bond acceptors (Lipinski definition) is 10. The predicted octanol–water partition coefficient (Wildman–Crippen LogP) is 0.957. The molecule has 1 aliphatic heterocycles. The summed E-state index contributed by atoms with van der Waals surface area (Å²) in [4.78, 5) is 68.6. The molecule has 1 saturated heterocycles. The number of nitrogens with zero attached hydrogens (tertiary/aromatic N) is 1. The van der Waals surface area contributed by atoms with Gasteiger partial charge in [-0.05, 0) is 18.1 Å². The van der Waals surface area contributed by atoms with Crippen molar-refractivity contribution in [2.75, 3.05) is 7.11 Å². The van der Waals surface area contributed by atoms with E-state index in [2.05, 4.69) is 4.74 Å². The lowest BCUT2D eigenvalue weighted by Crippen LogP contribution is -2.54. The molecule has 2 rings (SSSR count). The van der Waals surface area contributed by atoms with Gasteiger partial charge in [-0.1, -0.05) is 0 Å². The van der Waals surface area contributed by atoms with Gasteiger partial charge in [-0.25, -0.2) is 4.79 Å². The van der Waals surface area contributed by atoms with Crippen LogP contribution in [0.1, 0.15) is 29.6 Å². The smallest absolute Gasteiger partial charge is 0.335 e. The minimum absolute atomic E-state index is 0.0263. The highest BCUT2D eigenvalue weighted by Crippen LogP contribution is 2.43. The summed E-state index contributed by atoms with van der Waals surface area (Å²) in [5.74, 6) is -9.70. The first-order valence-electron chi connectivity index (χ1n) is 9.77. The highest BCUT2D eigenvalue weighted by atomic mass is 16.7. The Balaban J connectivity index is 2.62. The third kappa shape index (κ3) is 6.25. The van der Waals surface area contributed by atoms with Crippen molar-refractivity contribution in [2.45, 2.75) is 31.7 Å². The molecule has 5 atom stereocenters. The predicted molar refractivity (Wildman–Crippen MR) is 107 cm³/mol. The molecule has 14 heteroatoms. The van der Waals surface area contributed by atoms with E-state index in [-0.39, 0.29) is 5.56 Å². The van der Waals surface area contributed by atoms with Gasteiger partial charge in [0.1, 0.15) is 6.29 Å². The Morgan fingerprint density at radius 3 is 2.09 bits per heavy atom. The summed E-state index contributed by atoms with van der Waals surface area (Å²) in [5.41, 5.74) is -0.637. The second-order valence-corrected chi connectivity index (χ2v) is 7.45. The minimum atomic E-state index is -1.73. The molecule has 184 valence electrons. The van der Waals surface area contributed by atoms with Crippen LogP contribution in [0.4, 0.5) is 5.69 Å². The number of aliphatic carboxylic acids is 3. The fourth-order valence-corrected chi connectivity index (χ4v) is 3.94. The van der Waals surface area contributed by atoms with E-state index in [0.717, 1.165) is 25.3 Å². The number of nitro benzene ring substituents is 1. The van der Waals surface area contributed by atoms with E-state index >= 15 is 0 Å². The molecule has 0 aromatic heterocycles. The molecule has 0 aliphatic carbocycles. The second kappa shape index (κ2) is 11.2. The Morgan fingerprint density at radius 1 is 1.03 bits per heavy atom. The van der Waals surface area contributed by atoms with E-state index in [1.165, 1.54) is 0 Å². The molecule has 14 nitrogen and oxygen atoms in total. The van der Waals surface area contributed by atoms with E-state index in [0.29, 0.717) is 6.29 Å². The topological polar surface area (TPSA) is 217 Å². The van der Waals surface area contributed by atoms with Crippen LogP contribution in [0.25, 0.3) is 0 Å². The van der Waals surface area contributed by atoms with Crippen LogP contribution in [0, 0.1) is 27.9 Å². The monoisotopic (exact) mass is 483 g/mol. The van der Waals surface area contributed by atoms with Crippen LogP contribution in [0.15, 0.2) is 18.2 Å². The molecule has 1 heterocycles. The molecule has 1 aliphatic rings. The molecule has 0 radical (unpaired) electrons. The van der Waals surface area contributed by atoms with Crippen LogP contribution in [0.5, 0.6) is 5.75 Å². The molecule has 1 aromatic rings. The largest absolute Gasteiger partial charge is 0.481 e. The zero-order valence-electron chi connectivity index (χ0n) is 17.7. The molecule has 0 spiro atoms. The zero-order valence-corrected chi connectivity index (χ0v) is 17.7. The Hall–Kier alpha value is -4.07. The lowest BCUT2D eigenvalue weighted by atomic mass is 9.71. The number of carbonyl (C=O) groups excluding carboxylic acids is 2. The van der Waals surface area contributed by atoms with Crippen molar-refractivity contribution >= 4 is 35.9 Å². The number of nitro groups is 1. The van der Waals surface area contributed by atoms with Gasteiger partial charge in [0.15, 0.2) is 6.10 Å². The number of aldehydes is 1. The standard InChI is InChI=1S/C20H21NO13/c1-32-19(29)18-11(6-16(25)26)10(5-15(23)24)12(7-17(27)28)20(34-18)33-14-4-9(8-22)2-3-13(14)21(30)31/h2-4,8,10-12,18,20H,5-7H2,1H3,(H,23,24)(H,25,26)(H,27,28)/t10-,11-,12+,18-,20+/m0/s1. The number of hydrogen-bond donors (Lipinski definition) is 3. The van der Waals surface area contributed by atoms with Gasteiger partial charge in [0.05, 0.1) is 24.9 Å². The van der Waals surface area contributed by atoms with Crippen molar-refractivity contribution in [3.05, 3.63) is 33.9 Å². The lowest BCUT2D eigenvalue weighted by molar-refractivity contribution is -0.386. The summed E-state index contributed by atoms with van der Waals surface area (Å²) in [5, 5.41) is 39.5. The summed E-state index contributed by atoms with van der Waals surface area (Å²) in [6, 6.07) is 3.10. The van der Waals surface area contributed by atoms with Crippen molar-refractivity contribution in [2.24, 2.45) is 17.8 Å². The third-order valence-electron chi connectivity index (χ3n) is 5.34. The second-order valence-electron chi connectivity index (χ2n) is 7.45. The van der Waals surface area contributed by atoms with Crippen LogP contribution in [0.3, 0.4) is 0 Å². The number of carbonyl (C=O) groups is 5. The average Bonchev–Trinajstić information content (AvgIpc) is 2.75. The van der Waals surface area contributed by atoms with Crippen molar-refractivity contribution in [3.8, 4) is 5.75 Å². The molecule has 0 amide bonds. The number of carboxylic acid groups (broad SMARTS) is 3. The molecule has 34 heavy (non-hydrogen) atoms. The molecule has 3 N–H and O–H groups in total. The molecule has 1 aromatic carbocycles. The minimum Gasteiger partial charge on any atom is -0.481 e. The zero-order chi connectivity index (χ0) is 25.6. The number of rotatable bonds is 11. The van der Waals surface area contributed by atoms with E-state index < -0.39 is 89.6 Å². The van der Waals surface area contributed by atoms with Gasteiger partial charge in [-0.15, -0.1) is 0 Å². The third-order valence-corrected chi connectivity index (χ3v) is 5.34. The maximum Gasteiger partial charge on any atom is 0.335 e. The lowest BCUT2D eigenvalue weighted by Gasteiger charge is -2.44. The number of esters is 1. The van der Waals surface area contributed by atoms with Crippen molar-refractivity contribution in [3.63, 3.8) is 0 Å². The number of carboxylic acids is 3. The summed E-state index contributed by atoms with van der Waals surface area (Å²) >= 11 is 0. The fourth-order valence-electron chi connectivity index (χ4n) is 3.94. The summed E-state index contributed by atoms with van der Waals surface area (Å²) < 4.78 is 15.8. The van der Waals surface area contributed by atoms with Gasteiger partial charge in [0.25, 0.3) is 0 Å². The van der Waals surface area contributed by atoms with Crippen molar-refractivity contribution in [1.29, 1.82) is 0 Å². The van der Waals surface area contributed by atoms with Crippen LogP contribution < -0.4 is 4.74 Å². The maximum absolute atomic E-state index is 12.4. The van der Waals surface area contributed by atoms with Crippen molar-refractivity contribution in [1.82, 2.24) is 0 Å². The fraction of sp³-hybridized carbons (Fsp3) is 0.450. The van der Waals surface area contributed by atoms with Gasteiger partial charge in [0.2, 0.25) is 12.0 Å². The van der Waals surface area contributed by atoms with E-state index in [9.17, 15) is 49.4 Å². The van der Waals surface area contributed by atoms with E-state index in [1.54, 1.807) is 0 Å². The Morgan fingerprint density at radius 2 is 1.59 bits per heavy atom. The van der Waals surface area contributed by atoms with Crippen LogP contribution in [-0.2, 0) is 28.7 Å².